The first-order chi connectivity index (χ1) is 10.2. The number of esters is 1. The molecule has 0 bridgehead atoms. The number of anilines is 1. The third-order valence-corrected chi connectivity index (χ3v) is 3.46. The Morgan fingerprint density at radius 1 is 1.38 bits per heavy atom. The standard InChI is InChI=1S/C16H20N2O3/c1-3-18(8-7-16(20)21-4-2)13-5-6-15-14(9-13)12(11-19)10-17-15/h5-6,9-11,17H,3-4,7-8H2,1-2H3. The van der Waals surface area contributed by atoms with E-state index in [1.54, 1.807) is 13.1 Å². The molecule has 5 heteroatoms. The molecule has 1 heterocycles. The normalized spacial score (nSPS) is 10.6. The smallest absolute Gasteiger partial charge is 0.307 e. The van der Waals surface area contributed by atoms with E-state index in [1.807, 2.05) is 25.1 Å². The highest BCUT2D eigenvalue weighted by atomic mass is 16.5. The average Bonchev–Trinajstić information content (AvgIpc) is 2.90. The van der Waals surface area contributed by atoms with Crippen molar-refractivity contribution < 1.29 is 14.3 Å². The van der Waals surface area contributed by atoms with E-state index in [0.29, 0.717) is 25.1 Å². The maximum absolute atomic E-state index is 11.5. The minimum absolute atomic E-state index is 0.188. The van der Waals surface area contributed by atoms with E-state index in [0.717, 1.165) is 29.4 Å². The van der Waals surface area contributed by atoms with Gasteiger partial charge in [-0.2, -0.15) is 0 Å². The first-order valence-electron chi connectivity index (χ1n) is 7.16. The van der Waals surface area contributed by atoms with Crippen LogP contribution in [0.3, 0.4) is 0 Å². The number of H-pyrrole nitrogens is 1. The largest absolute Gasteiger partial charge is 0.466 e. The third kappa shape index (κ3) is 3.42. The molecule has 0 saturated carbocycles. The van der Waals surface area contributed by atoms with E-state index in [1.165, 1.54) is 0 Å². The predicted octanol–water partition coefficient (Wildman–Crippen LogP) is 2.76. The lowest BCUT2D eigenvalue weighted by Gasteiger charge is -2.22. The first kappa shape index (κ1) is 15.1. The predicted molar refractivity (Wildman–Crippen MR) is 82.8 cm³/mol. The second-order valence-corrected chi connectivity index (χ2v) is 4.73. The van der Waals surface area contributed by atoms with Gasteiger partial charge in [0.1, 0.15) is 0 Å². The van der Waals surface area contributed by atoms with Crippen LogP contribution in [-0.2, 0) is 9.53 Å². The molecule has 0 spiro atoms. The summed E-state index contributed by atoms with van der Waals surface area (Å²) in [6.45, 7) is 5.62. The van der Waals surface area contributed by atoms with Crippen molar-refractivity contribution in [1.82, 2.24) is 4.98 Å². The van der Waals surface area contributed by atoms with Crippen LogP contribution in [0.4, 0.5) is 5.69 Å². The molecular weight excluding hydrogens is 268 g/mol. The molecule has 112 valence electrons. The summed E-state index contributed by atoms with van der Waals surface area (Å²) in [7, 11) is 0. The Balaban J connectivity index is 2.17. The van der Waals surface area contributed by atoms with Crippen LogP contribution in [0, 0.1) is 0 Å². The summed E-state index contributed by atoms with van der Waals surface area (Å²) in [5, 5.41) is 0.900. The number of aromatic nitrogens is 1. The molecule has 0 aliphatic carbocycles. The van der Waals surface area contributed by atoms with Gasteiger partial charge in [-0.1, -0.05) is 0 Å². The van der Waals surface area contributed by atoms with E-state index < -0.39 is 0 Å². The number of aromatic amines is 1. The van der Waals surface area contributed by atoms with Gasteiger partial charge in [-0.3, -0.25) is 9.59 Å². The number of aldehydes is 1. The lowest BCUT2D eigenvalue weighted by Crippen LogP contribution is -2.26. The van der Waals surface area contributed by atoms with Crippen LogP contribution in [0.25, 0.3) is 10.9 Å². The van der Waals surface area contributed by atoms with E-state index in [4.69, 9.17) is 4.74 Å². The van der Waals surface area contributed by atoms with E-state index in [9.17, 15) is 9.59 Å². The van der Waals surface area contributed by atoms with Gasteiger partial charge in [0.2, 0.25) is 0 Å². The molecule has 2 aromatic rings. The van der Waals surface area contributed by atoms with Crippen molar-refractivity contribution in [3.63, 3.8) is 0 Å². The highest BCUT2D eigenvalue weighted by Gasteiger charge is 2.10. The Morgan fingerprint density at radius 2 is 2.19 bits per heavy atom. The molecule has 1 aromatic heterocycles. The SMILES string of the molecule is CCOC(=O)CCN(CC)c1ccc2[nH]cc(C=O)c2c1. The molecule has 0 amide bonds. The van der Waals surface area contributed by atoms with Gasteiger partial charge in [0.05, 0.1) is 13.0 Å². The number of carbonyl (C=O) groups excluding carboxylic acids is 2. The summed E-state index contributed by atoms with van der Waals surface area (Å²) in [6, 6.07) is 5.91. The molecule has 0 radical (unpaired) electrons. The molecule has 0 aliphatic heterocycles. The summed E-state index contributed by atoms with van der Waals surface area (Å²) in [4.78, 5) is 27.7. The molecule has 1 aromatic carbocycles. The molecule has 0 aliphatic rings. The summed E-state index contributed by atoms with van der Waals surface area (Å²) >= 11 is 0. The van der Waals surface area contributed by atoms with Crippen LogP contribution in [0.1, 0.15) is 30.6 Å². The Kier molecular flexibility index (Phi) is 4.98. The van der Waals surface area contributed by atoms with Crippen molar-refractivity contribution in [2.24, 2.45) is 0 Å². The Hall–Kier alpha value is -2.30. The third-order valence-electron chi connectivity index (χ3n) is 3.46. The zero-order valence-corrected chi connectivity index (χ0v) is 12.4. The number of benzene rings is 1. The van der Waals surface area contributed by atoms with Gasteiger partial charge in [-0.15, -0.1) is 0 Å². The Labute approximate surface area is 123 Å². The van der Waals surface area contributed by atoms with Gasteiger partial charge in [0.25, 0.3) is 0 Å². The van der Waals surface area contributed by atoms with Gasteiger partial charge >= 0.3 is 5.97 Å². The van der Waals surface area contributed by atoms with E-state index >= 15 is 0 Å². The highest BCUT2D eigenvalue weighted by Crippen LogP contribution is 2.24. The number of hydrogen-bond acceptors (Lipinski definition) is 4. The van der Waals surface area contributed by atoms with Gasteiger partial charge in [0, 0.05) is 41.4 Å². The lowest BCUT2D eigenvalue weighted by atomic mass is 10.1. The van der Waals surface area contributed by atoms with Crippen molar-refractivity contribution in [3.8, 4) is 0 Å². The van der Waals surface area contributed by atoms with Gasteiger partial charge in [-0.05, 0) is 32.0 Å². The molecule has 2 rings (SSSR count). The number of ether oxygens (including phenoxy) is 1. The molecule has 0 fully saturated rings. The summed E-state index contributed by atoms with van der Waals surface area (Å²) in [5.41, 5.74) is 2.58. The molecular formula is C16H20N2O3. The monoisotopic (exact) mass is 288 g/mol. The van der Waals surface area contributed by atoms with E-state index in [2.05, 4.69) is 9.88 Å². The molecule has 1 N–H and O–H groups in total. The van der Waals surface area contributed by atoms with Crippen molar-refractivity contribution in [2.45, 2.75) is 20.3 Å². The summed E-state index contributed by atoms with van der Waals surface area (Å²) < 4.78 is 4.95. The van der Waals surface area contributed by atoms with Crippen LogP contribution < -0.4 is 4.90 Å². The second kappa shape index (κ2) is 6.92. The van der Waals surface area contributed by atoms with Crippen molar-refractivity contribution in [1.29, 1.82) is 0 Å². The van der Waals surface area contributed by atoms with Crippen molar-refractivity contribution >= 4 is 28.8 Å². The van der Waals surface area contributed by atoms with Crippen LogP contribution >= 0.6 is 0 Å². The van der Waals surface area contributed by atoms with Crippen LogP contribution in [0.5, 0.6) is 0 Å². The fraction of sp³-hybridized carbons (Fsp3) is 0.375. The minimum Gasteiger partial charge on any atom is -0.466 e. The summed E-state index contributed by atoms with van der Waals surface area (Å²) in [5.74, 6) is -0.188. The Bertz CT molecular complexity index is 633. The molecule has 0 unspecified atom stereocenters. The number of hydrogen-bond donors (Lipinski definition) is 1. The fourth-order valence-electron chi connectivity index (χ4n) is 2.35. The molecule has 0 saturated heterocycles. The zero-order chi connectivity index (χ0) is 15.2. The number of rotatable bonds is 7. The number of carbonyl (C=O) groups is 2. The molecule has 0 atom stereocenters. The lowest BCUT2D eigenvalue weighted by molar-refractivity contribution is -0.142. The second-order valence-electron chi connectivity index (χ2n) is 4.73. The van der Waals surface area contributed by atoms with Gasteiger partial charge < -0.3 is 14.6 Å². The van der Waals surface area contributed by atoms with Crippen LogP contribution in [0.15, 0.2) is 24.4 Å². The topological polar surface area (TPSA) is 62.4 Å². The van der Waals surface area contributed by atoms with Gasteiger partial charge in [-0.25, -0.2) is 0 Å². The van der Waals surface area contributed by atoms with Crippen LogP contribution in [-0.4, -0.2) is 36.9 Å². The van der Waals surface area contributed by atoms with E-state index in [-0.39, 0.29) is 5.97 Å². The first-order valence-corrected chi connectivity index (χ1v) is 7.16. The summed E-state index contributed by atoms with van der Waals surface area (Å²) in [6.07, 6.45) is 2.90. The fourth-order valence-corrected chi connectivity index (χ4v) is 2.35. The number of nitrogens with one attached hydrogen (secondary N) is 1. The van der Waals surface area contributed by atoms with Crippen molar-refractivity contribution in [2.75, 3.05) is 24.6 Å². The van der Waals surface area contributed by atoms with Crippen LogP contribution in [0.2, 0.25) is 0 Å². The average molecular weight is 288 g/mol. The number of nitrogens with zero attached hydrogens (tertiary/aromatic N) is 1. The maximum Gasteiger partial charge on any atom is 0.307 e. The zero-order valence-electron chi connectivity index (χ0n) is 12.4. The highest BCUT2D eigenvalue weighted by molar-refractivity contribution is 5.98. The Morgan fingerprint density at radius 3 is 2.86 bits per heavy atom. The molecule has 5 nitrogen and oxygen atoms in total. The molecule has 21 heavy (non-hydrogen) atoms. The number of fused-ring (bicyclic) bond motifs is 1. The minimum atomic E-state index is -0.188. The van der Waals surface area contributed by atoms with Gasteiger partial charge in [0.15, 0.2) is 6.29 Å². The quantitative estimate of drug-likeness (QED) is 0.628. The maximum atomic E-state index is 11.5. The van der Waals surface area contributed by atoms with Crippen molar-refractivity contribution in [3.05, 3.63) is 30.0 Å².